The molecule has 0 amide bonds. The lowest BCUT2D eigenvalue weighted by molar-refractivity contribution is 0.120. The fraction of sp³-hybridized carbons (Fsp3) is 0.647. The molecule has 3 aliphatic rings. The number of rotatable bonds is 3. The highest BCUT2D eigenvalue weighted by Crippen LogP contribution is 2.29. The topological polar surface area (TPSA) is 18.5 Å². The summed E-state index contributed by atoms with van der Waals surface area (Å²) >= 11 is 0. The summed E-state index contributed by atoms with van der Waals surface area (Å²) in [5.74, 6) is 0.674. The van der Waals surface area contributed by atoms with E-state index in [1.807, 2.05) is 0 Å². The molecule has 0 radical (unpaired) electrons. The van der Waals surface area contributed by atoms with Gasteiger partial charge in [-0.25, -0.2) is 0 Å². The highest BCUT2D eigenvalue weighted by atomic mass is 15.3. The average Bonchev–Trinajstić information content (AvgIpc) is 3.33. The molecule has 0 aromatic heterocycles. The van der Waals surface area contributed by atoms with Gasteiger partial charge >= 0.3 is 0 Å². The Morgan fingerprint density at radius 2 is 1.85 bits per heavy atom. The van der Waals surface area contributed by atoms with Crippen LogP contribution in [0.1, 0.15) is 29.9 Å². The van der Waals surface area contributed by atoms with Gasteiger partial charge in [-0.15, -0.1) is 0 Å². The minimum Gasteiger partial charge on any atom is -0.312 e. The Hall–Kier alpha value is -0.900. The van der Waals surface area contributed by atoms with Gasteiger partial charge in [0.15, 0.2) is 0 Å². The van der Waals surface area contributed by atoms with Crippen LogP contribution in [0.15, 0.2) is 24.3 Å². The molecule has 1 saturated carbocycles. The van der Waals surface area contributed by atoms with Crippen LogP contribution in [0.2, 0.25) is 0 Å². The first kappa shape index (κ1) is 12.8. The summed E-state index contributed by atoms with van der Waals surface area (Å²) in [6.07, 6.45) is 2.89. The molecular formula is C17H25N3. The van der Waals surface area contributed by atoms with Crippen molar-refractivity contribution in [1.29, 1.82) is 0 Å². The maximum atomic E-state index is 3.58. The molecular weight excluding hydrogens is 246 g/mol. The SMILES string of the molecule is c1ccc2c(c1)CNCC2CN1CCN(C2CC2)CC1. The van der Waals surface area contributed by atoms with Crippen molar-refractivity contribution < 1.29 is 0 Å². The average molecular weight is 271 g/mol. The fourth-order valence-electron chi connectivity index (χ4n) is 3.81. The molecule has 20 heavy (non-hydrogen) atoms. The third kappa shape index (κ3) is 2.62. The minimum atomic E-state index is 0.674. The predicted octanol–water partition coefficient (Wildman–Crippen LogP) is 1.65. The molecule has 108 valence electrons. The standard InChI is InChI=1S/C17H25N3/c1-2-4-17-14(3-1)11-18-12-15(17)13-19-7-9-20(10-8-19)16-5-6-16/h1-4,15-16,18H,5-13H2. The molecule has 2 aliphatic heterocycles. The Morgan fingerprint density at radius 3 is 2.65 bits per heavy atom. The first-order valence-electron chi connectivity index (χ1n) is 8.15. The first-order chi connectivity index (χ1) is 9.90. The number of nitrogens with zero attached hydrogens (tertiary/aromatic N) is 2. The minimum absolute atomic E-state index is 0.674. The van der Waals surface area contributed by atoms with E-state index < -0.39 is 0 Å². The number of piperazine rings is 1. The van der Waals surface area contributed by atoms with Crippen molar-refractivity contribution in [3.8, 4) is 0 Å². The van der Waals surface area contributed by atoms with Crippen molar-refractivity contribution in [2.75, 3.05) is 39.3 Å². The number of benzene rings is 1. The van der Waals surface area contributed by atoms with E-state index >= 15 is 0 Å². The lowest BCUT2D eigenvalue weighted by atomic mass is 9.90. The van der Waals surface area contributed by atoms with Gasteiger partial charge in [-0.2, -0.15) is 0 Å². The highest BCUT2D eigenvalue weighted by molar-refractivity contribution is 5.32. The van der Waals surface area contributed by atoms with Gasteiger partial charge in [-0.3, -0.25) is 4.90 Å². The molecule has 1 saturated heterocycles. The largest absolute Gasteiger partial charge is 0.312 e. The molecule has 0 spiro atoms. The van der Waals surface area contributed by atoms with E-state index in [1.54, 1.807) is 5.56 Å². The van der Waals surface area contributed by atoms with E-state index in [1.165, 1.54) is 51.1 Å². The van der Waals surface area contributed by atoms with Crippen LogP contribution in [0.25, 0.3) is 0 Å². The van der Waals surface area contributed by atoms with E-state index in [2.05, 4.69) is 39.4 Å². The van der Waals surface area contributed by atoms with Gasteiger partial charge in [0.1, 0.15) is 0 Å². The summed E-state index contributed by atoms with van der Waals surface area (Å²) in [4.78, 5) is 5.37. The summed E-state index contributed by atoms with van der Waals surface area (Å²) in [7, 11) is 0. The Morgan fingerprint density at radius 1 is 1.05 bits per heavy atom. The number of hydrogen-bond donors (Lipinski definition) is 1. The molecule has 1 aliphatic carbocycles. The molecule has 2 heterocycles. The van der Waals surface area contributed by atoms with Crippen LogP contribution in [0.5, 0.6) is 0 Å². The van der Waals surface area contributed by atoms with E-state index in [4.69, 9.17) is 0 Å². The van der Waals surface area contributed by atoms with E-state index in [0.29, 0.717) is 5.92 Å². The van der Waals surface area contributed by atoms with Crippen LogP contribution in [-0.4, -0.2) is 55.1 Å². The summed E-state index contributed by atoms with van der Waals surface area (Å²) in [5, 5.41) is 3.58. The quantitative estimate of drug-likeness (QED) is 0.902. The molecule has 1 aromatic rings. The monoisotopic (exact) mass is 271 g/mol. The molecule has 1 aromatic carbocycles. The highest BCUT2D eigenvalue weighted by Gasteiger charge is 2.32. The zero-order valence-electron chi connectivity index (χ0n) is 12.2. The predicted molar refractivity (Wildman–Crippen MR) is 81.9 cm³/mol. The van der Waals surface area contributed by atoms with Crippen molar-refractivity contribution in [1.82, 2.24) is 15.1 Å². The second-order valence-electron chi connectivity index (χ2n) is 6.59. The molecule has 4 rings (SSSR count). The van der Waals surface area contributed by atoms with Gasteiger partial charge in [0.25, 0.3) is 0 Å². The van der Waals surface area contributed by atoms with Crippen LogP contribution >= 0.6 is 0 Å². The Bertz CT molecular complexity index is 461. The fourth-order valence-corrected chi connectivity index (χ4v) is 3.81. The third-order valence-electron chi connectivity index (χ3n) is 5.15. The van der Waals surface area contributed by atoms with Crippen molar-refractivity contribution in [2.24, 2.45) is 0 Å². The molecule has 1 N–H and O–H groups in total. The zero-order chi connectivity index (χ0) is 13.4. The van der Waals surface area contributed by atoms with Gasteiger partial charge < -0.3 is 10.2 Å². The van der Waals surface area contributed by atoms with Gasteiger partial charge in [-0.1, -0.05) is 24.3 Å². The Kier molecular flexibility index (Phi) is 3.51. The summed E-state index contributed by atoms with van der Waals surface area (Å²) in [6, 6.07) is 9.91. The molecule has 1 atom stereocenters. The van der Waals surface area contributed by atoms with Crippen molar-refractivity contribution >= 4 is 0 Å². The van der Waals surface area contributed by atoms with Crippen LogP contribution in [0.4, 0.5) is 0 Å². The lowest BCUT2D eigenvalue weighted by Crippen LogP contribution is -2.49. The van der Waals surface area contributed by atoms with Gasteiger partial charge in [0.05, 0.1) is 0 Å². The second kappa shape index (κ2) is 5.47. The van der Waals surface area contributed by atoms with Crippen LogP contribution in [-0.2, 0) is 6.54 Å². The molecule has 1 unspecified atom stereocenters. The van der Waals surface area contributed by atoms with E-state index in [-0.39, 0.29) is 0 Å². The van der Waals surface area contributed by atoms with Gasteiger partial charge in [0, 0.05) is 57.8 Å². The van der Waals surface area contributed by atoms with Crippen LogP contribution in [0, 0.1) is 0 Å². The van der Waals surface area contributed by atoms with Crippen LogP contribution in [0.3, 0.4) is 0 Å². The zero-order valence-corrected chi connectivity index (χ0v) is 12.2. The molecule has 3 nitrogen and oxygen atoms in total. The smallest absolute Gasteiger partial charge is 0.0208 e. The van der Waals surface area contributed by atoms with Crippen molar-refractivity contribution in [3.63, 3.8) is 0 Å². The summed E-state index contributed by atoms with van der Waals surface area (Å²) < 4.78 is 0. The van der Waals surface area contributed by atoms with E-state index in [0.717, 1.165) is 19.1 Å². The Balaban J connectivity index is 1.38. The summed E-state index contributed by atoms with van der Waals surface area (Å²) in [6.45, 7) is 8.49. The summed E-state index contributed by atoms with van der Waals surface area (Å²) in [5.41, 5.74) is 3.08. The van der Waals surface area contributed by atoms with Crippen molar-refractivity contribution in [3.05, 3.63) is 35.4 Å². The second-order valence-corrected chi connectivity index (χ2v) is 6.59. The normalized spacial score (nSPS) is 28.3. The van der Waals surface area contributed by atoms with Crippen LogP contribution < -0.4 is 5.32 Å². The lowest BCUT2D eigenvalue weighted by Gasteiger charge is -2.38. The molecule has 3 heteroatoms. The number of fused-ring (bicyclic) bond motifs is 1. The first-order valence-corrected chi connectivity index (χ1v) is 8.15. The number of nitrogens with one attached hydrogen (secondary N) is 1. The Labute approximate surface area is 121 Å². The van der Waals surface area contributed by atoms with Gasteiger partial charge in [0.2, 0.25) is 0 Å². The maximum Gasteiger partial charge on any atom is 0.0208 e. The van der Waals surface area contributed by atoms with E-state index in [9.17, 15) is 0 Å². The van der Waals surface area contributed by atoms with Crippen molar-refractivity contribution in [2.45, 2.75) is 31.3 Å². The molecule has 0 bridgehead atoms. The number of hydrogen-bond acceptors (Lipinski definition) is 3. The maximum absolute atomic E-state index is 3.58. The molecule has 2 fully saturated rings. The van der Waals surface area contributed by atoms with Gasteiger partial charge in [-0.05, 0) is 24.0 Å². The third-order valence-corrected chi connectivity index (χ3v) is 5.15.